The summed E-state index contributed by atoms with van der Waals surface area (Å²) < 4.78 is 0. The maximum Gasteiger partial charge on any atom is 0.328 e. The Labute approximate surface area is 111 Å². The van der Waals surface area contributed by atoms with Gasteiger partial charge >= 0.3 is 5.97 Å². The number of nitrogens with zero attached hydrogens (tertiary/aromatic N) is 2. The molecule has 2 rings (SSSR count). The van der Waals surface area contributed by atoms with Crippen molar-refractivity contribution >= 4 is 18.0 Å². The quantitative estimate of drug-likeness (QED) is 0.819. The van der Waals surface area contributed by atoms with E-state index in [1.165, 1.54) is 18.5 Å². The second-order valence-electron chi connectivity index (χ2n) is 4.50. The fraction of sp³-hybridized carbons (Fsp3) is 0.357. The third kappa shape index (κ3) is 3.40. The van der Waals surface area contributed by atoms with Gasteiger partial charge in [0.15, 0.2) is 0 Å². The molecule has 0 unspecified atom stereocenters. The molecule has 1 aromatic rings. The van der Waals surface area contributed by atoms with E-state index in [0.29, 0.717) is 23.7 Å². The molecule has 0 bridgehead atoms. The number of aliphatic carboxylic acids is 1. The van der Waals surface area contributed by atoms with Crippen LogP contribution in [-0.4, -0.2) is 39.5 Å². The molecular formula is C14H16N2O3. The van der Waals surface area contributed by atoms with Crippen molar-refractivity contribution in [2.24, 2.45) is 0 Å². The number of carboxylic acids is 1. The number of amides is 1. The predicted molar refractivity (Wildman–Crippen MR) is 70.6 cm³/mol. The Morgan fingerprint density at radius 3 is 2.79 bits per heavy atom. The first-order valence-electron chi connectivity index (χ1n) is 6.29. The molecule has 0 spiro atoms. The van der Waals surface area contributed by atoms with Crippen LogP contribution in [0.2, 0.25) is 0 Å². The molecule has 1 aliphatic rings. The SMILES string of the molecule is CCN(C(=O)c1cncc(/C=C/C(=O)O)c1)C1CC1. The molecule has 5 heteroatoms. The van der Waals surface area contributed by atoms with Gasteiger partial charge in [-0.2, -0.15) is 0 Å². The zero-order valence-electron chi connectivity index (χ0n) is 10.7. The average molecular weight is 260 g/mol. The van der Waals surface area contributed by atoms with Crippen molar-refractivity contribution in [3.63, 3.8) is 0 Å². The maximum atomic E-state index is 12.3. The van der Waals surface area contributed by atoms with Gasteiger partial charge in [-0.3, -0.25) is 9.78 Å². The highest BCUT2D eigenvalue weighted by molar-refractivity contribution is 5.95. The van der Waals surface area contributed by atoms with Gasteiger partial charge in [-0.15, -0.1) is 0 Å². The van der Waals surface area contributed by atoms with Crippen LogP contribution >= 0.6 is 0 Å². The Morgan fingerprint density at radius 2 is 2.21 bits per heavy atom. The smallest absolute Gasteiger partial charge is 0.328 e. The molecule has 100 valence electrons. The molecule has 1 fully saturated rings. The Morgan fingerprint density at radius 1 is 1.47 bits per heavy atom. The first-order valence-corrected chi connectivity index (χ1v) is 6.29. The van der Waals surface area contributed by atoms with Crippen LogP contribution in [0.4, 0.5) is 0 Å². The lowest BCUT2D eigenvalue weighted by molar-refractivity contribution is -0.131. The van der Waals surface area contributed by atoms with E-state index in [0.717, 1.165) is 18.9 Å². The molecule has 0 saturated heterocycles. The summed E-state index contributed by atoms with van der Waals surface area (Å²) in [4.78, 5) is 28.6. The number of pyridine rings is 1. The fourth-order valence-corrected chi connectivity index (χ4v) is 1.95. The molecule has 5 nitrogen and oxygen atoms in total. The Balaban J connectivity index is 2.17. The Hall–Kier alpha value is -2.17. The van der Waals surface area contributed by atoms with E-state index in [2.05, 4.69) is 4.98 Å². The summed E-state index contributed by atoms with van der Waals surface area (Å²) in [6.45, 7) is 2.64. The van der Waals surface area contributed by atoms with Gasteiger partial charge in [0.05, 0.1) is 5.56 Å². The minimum Gasteiger partial charge on any atom is -0.478 e. The summed E-state index contributed by atoms with van der Waals surface area (Å²) in [5, 5.41) is 8.58. The number of hydrogen-bond donors (Lipinski definition) is 1. The van der Waals surface area contributed by atoms with Crippen molar-refractivity contribution in [2.75, 3.05) is 6.54 Å². The van der Waals surface area contributed by atoms with Crippen LogP contribution < -0.4 is 0 Å². The third-order valence-electron chi connectivity index (χ3n) is 3.01. The van der Waals surface area contributed by atoms with Crippen molar-refractivity contribution < 1.29 is 14.7 Å². The highest BCUT2D eigenvalue weighted by Gasteiger charge is 2.31. The van der Waals surface area contributed by atoms with E-state index >= 15 is 0 Å². The van der Waals surface area contributed by atoms with Crippen LogP contribution in [0, 0.1) is 0 Å². The fourth-order valence-electron chi connectivity index (χ4n) is 1.95. The molecule has 1 amide bonds. The Kier molecular flexibility index (Phi) is 3.94. The second-order valence-corrected chi connectivity index (χ2v) is 4.50. The van der Waals surface area contributed by atoms with Crippen LogP contribution in [0.1, 0.15) is 35.7 Å². The highest BCUT2D eigenvalue weighted by atomic mass is 16.4. The van der Waals surface area contributed by atoms with Crippen LogP contribution in [0.15, 0.2) is 24.5 Å². The summed E-state index contributed by atoms with van der Waals surface area (Å²) in [5.41, 5.74) is 1.11. The number of hydrogen-bond acceptors (Lipinski definition) is 3. The van der Waals surface area contributed by atoms with E-state index in [1.807, 2.05) is 11.8 Å². The van der Waals surface area contributed by atoms with Crippen molar-refractivity contribution in [1.29, 1.82) is 0 Å². The van der Waals surface area contributed by atoms with E-state index in [1.54, 1.807) is 6.07 Å². The van der Waals surface area contributed by atoms with Crippen LogP contribution in [0.25, 0.3) is 6.08 Å². The van der Waals surface area contributed by atoms with Gasteiger partial charge in [0, 0.05) is 31.1 Å². The van der Waals surface area contributed by atoms with Gasteiger partial charge in [0.2, 0.25) is 0 Å². The van der Waals surface area contributed by atoms with Crippen molar-refractivity contribution in [3.8, 4) is 0 Å². The molecule has 1 aliphatic carbocycles. The van der Waals surface area contributed by atoms with E-state index in [9.17, 15) is 9.59 Å². The topological polar surface area (TPSA) is 70.5 Å². The van der Waals surface area contributed by atoms with Gasteiger partial charge < -0.3 is 10.0 Å². The third-order valence-corrected chi connectivity index (χ3v) is 3.01. The lowest BCUT2D eigenvalue weighted by Gasteiger charge is -2.20. The maximum absolute atomic E-state index is 12.3. The molecule has 1 saturated carbocycles. The number of carbonyl (C=O) groups is 2. The normalized spacial score (nSPS) is 14.6. The minimum absolute atomic E-state index is 0.0388. The second kappa shape index (κ2) is 5.65. The van der Waals surface area contributed by atoms with E-state index in [4.69, 9.17) is 5.11 Å². The predicted octanol–water partition coefficient (Wildman–Crippen LogP) is 1.80. The standard InChI is InChI=1S/C14H16N2O3/c1-2-16(12-4-5-12)14(19)11-7-10(8-15-9-11)3-6-13(17)18/h3,6-9,12H,2,4-5H2,1H3,(H,17,18)/b6-3+. The largest absolute Gasteiger partial charge is 0.478 e. The van der Waals surface area contributed by atoms with Gasteiger partial charge in [-0.05, 0) is 37.5 Å². The first kappa shape index (κ1) is 13.3. The van der Waals surface area contributed by atoms with E-state index in [-0.39, 0.29) is 5.91 Å². The molecule has 0 atom stereocenters. The average Bonchev–Trinajstić information content (AvgIpc) is 3.22. The number of carboxylic acid groups (broad SMARTS) is 1. The molecule has 1 N–H and O–H groups in total. The van der Waals surface area contributed by atoms with Gasteiger partial charge in [0.25, 0.3) is 5.91 Å². The van der Waals surface area contributed by atoms with Crippen molar-refractivity contribution in [1.82, 2.24) is 9.88 Å². The lowest BCUT2D eigenvalue weighted by atomic mass is 10.1. The highest BCUT2D eigenvalue weighted by Crippen LogP contribution is 2.27. The molecular weight excluding hydrogens is 244 g/mol. The molecule has 0 aliphatic heterocycles. The monoisotopic (exact) mass is 260 g/mol. The van der Waals surface area contributed by atoms with Crippen LogP contribution in [0.3, 0.4) is 0 Å². The van der Waals surface area contributed by atoms with Crippen molar-refractivity contribution in [3.05, 3.63) is 35.7 Å². The van der Waals surface area contributed by atoms with Crippen molar-refractivity contribution in [2.45, 2.75) is 25.8 Å². The lowest BCUT2D eigenvalue weighted by Crippen LogP contribution is -2.32. The van der Waals surface area contributed by atoms with Gasteiger partial charge in [-0.1, -0.05) is 0 Å². The molecule has 1 aromatic heterocycles. The summed E-state index contributed by atoms with van der Waals surface area (Å²) in [6.07, 6.45) is 7.63. The molecule has 0 aromatic carbocycles. The summed E-state index contributed by atoms with van der Waals surface area (Å²) >= 11 is 0. The number of rotatable bonds is 5. The van der Waals surface area contributed by atoms with Gasteiger partial charge in [-0.25, -0.2) is 4.79 Å². The summed E-state index contributed by atoms with van der Waals surface area (Å²) in [7, 11) is 0. The molecule has 19 heavy (non-hydrogen) atoms. The summed E-state index contributed by atoms with van der Waals surface area (Å²) in [5.74, 6) is -1.06. The van der Waals surface area contributed by atoms with E-state index < -0.39 is 5.97 Å². The number of aromatic nitrogens is 1. The van der Waals surface area contributed by atoms with Gasteiger partial charge in [0.1, 0.15) is 0 Å². The van der Waals surface area contributed by atoms with Crippen LogP contribution in [0.5, 0.6) is 0 Å². The first-order chi connectivity index (χ1) is 9.11. The zero-order valence-corrected chi connectivity index (χ0v) is 10.7. The molecule has 1 heterocycles. The Bertz CT molecular complexity index is 521. The molecule has 0 radical (unpaired) electrons. The number of carbonyl (C=O) groups excluding carboxylic acids is 1. The summed E-state index contributed by atoms with van der Waals surface area (Å²) in [6, 6.07) is 2.02. The van der Waals surface area contributed by atoms with Crippen LogP contribution in [-0.2, 0) is 4.79 Å². The zero-order chi connectivity index (χ0) is 13.8. The minimum atomic E-state index is -1.02.